The largest absolute Gasteiger partial charge is 0.481 e. The van der Waals surface area contributed by atoms with E-state index in [1.807, 2.05) is 7.05 Å². The number of hydrogen-bond donors (Lipinski definition) is 4. The van der Waals surface area contributed by atoms with Crippen LogP contribution in [-0.4, -0.2) is 46.6 Å². The maximum Gasteiger partial charge on any atom is 0.303 e. The Morgan fingerprint density at radius 2 is 1.70 bits per heavy atom. The number of carbonyl (C=O) groups is 1. The molecule has 172 valence electrons. The number of carboxylic acids is 1. The van der Waals surface area contributed by atoms with Gasteiger partial charge in [0, 0.05) is 12.5 Å². The molecule has 0 aromatic carbocycles. The highest BCUT2D eigenvalue weighted by molar-refractivity contribution is 5.66. The summed E-state index contributed by atoms with van der Waals surface area (Å²) in [5.41, 5.74) is 0.357. The zero-order valence-electron chi connectivity index (χ0n) is 19.3. The molecule has 4 N–H and O–H groups in total. The summed E-state index contributed by atoms with van der Waals surface area (Å²) in [5, 5.41) is 34.5. The first-order chi connectivity index (χ1) is 14.1. The van der Waals surface area contributed by atoms with Crippen molar-refractivity contribution in [3.8, 4) is 0 Å². The fraction of sp³-hybridized carbons (Fsp3) is 0.960. The van der Waals surface area contributed by atoms with E-state index in [0.717, 1.165) is 25.7 Å². The van der Waals surface area contributed by atoms with Gasteiger partial charge in [0.1, 0.15) is 0 Å². The predicted molar refractivity (Wildman–Crippen MR) is 117 cm³/mol. The summed E-state index contributed by atoms with van der Waals surface area (Å²) in [6.45, 7) is 7.14. The average molecular weight is 422 g/mol. The molecule has 30 heavy (non-hydrogen) atoms. The van der Waals surface area contributed by atoms with Crippen LogP contribution < -0.4 is 5.32 Å². The predicted octanol–water partition coefficient (Wildman–Crippen LogP) is 3.68. The molecule has 0 aromatic rings. The molecule has 0 saturated heterocycles. The SMILES string of the molecule is CNC1[C@@H]2[C@H](CC[C@]3(C)[C@@H]([C@H](C)CCC(=O)O)CC[C@@H]23)[C@@]2(C)CC[C@@H](O)C[C@H]2[C@H]1O. The van der Waals surface area contributed by atoms with Crippen LogP contribution in [0.1, 0.15) is 78.6 Å². The minimum atomic E-state index is -0.686. The zero-order chi connectivity index (χ0) is 21.8. The third kappa shape index (κ3) is 3.34. The Morgan fingerprint density at radius 1 is 1.03 bits per heavy atom. The number of fused-ring (bicyclic) bond motifs is 5. The highest BCUT2D eigenvalue weighted by Crippen LogP contribution is 2.68. The third-order valence-electron chi connectivity index (χ3n) is 10.7. The van der Waals surface area contributed by atoms with E-state index in [4.69, 9.17) is 5.11 Å². The number of carboxylic acid groups (broad SMARTS) is 1. The number of aliphatic carboxylic acids is 1. The van der Waals surface area contributed by atoms with Gasteiger partial charge in [-0.3, -0.25) is 4.79 Å². The summed E-state index contributed by atoms with van der Waals surface area (Å²) in [7, 11) is 2.00. The molecule has 5 heteroatoms. The summed E-state index contributed by atoms with van der Waals surface area (Å²) in [5.74, 6) is 2.16. The molecule has 4 aliphatic rings. The van der Waals surface area contributed by atoms with E-state index in [2.05, 4.69) is 26.1 Å². The lowest BCUT2D eigenvalue weighted by Crippen LogP contribution is -2.67. The van der Waals surface area contributed by atoms with Gasteiger partial charge in [-0.2, -0.15) is 0 Å². The summed E-state index contributed by atoms with van der Waals surface area (Å²) >= 11 is 0. The zero-order valence-corrected chi connectivity index (χ0v) is 19.3. The second-order valence-corrected chi connectivity index (χ2v) is 11.8. The lowest BCUT2D eigenvalue weighted by Gasteiger charge is -2.64. The van der Waals surface area contributed by atoms with Crippen molar-refractivity contribution < 1.29 is 20.1 Å². The Bertz CT molecular complexity index is 655. The molecule has 0 aromatic heterocycles. The summed E-state index contributed by atoms with van der Waals surface area (Å²) in [6, 6.07) is 0.0936. The minimum absolute atomic E-state index is 0.0936. The molecule has 0 radical (unpaired) electrons. The Hall–Kier alpha value is -0.650. The van der Waals surface area contributed by atoms with Crippen LogP contribution in [0.3, 0.4) is 0 Å². The van der Waals surface area contributed by atoms with Crippen LogP contribution in [0.25, 0.3) is 0 Å². The van der Waals surface area contributed by atoms with Crippen molar-refractivity contribution >= 4 is 5.97 Å². The molecular weight excluding hydrogens is 378 g/mol. The summed E-state index contributed by atoms with van der Waals surface area (Å²) in [4.78, 5) is 11.1. The van der Waals surface area contributed by atoms with Gasteiger partial charge in [0.2, 0.25) is 0 Å². The standard InChI is InChI=1S/C25H43NO4/c1-14(5-8-20(28)29)16-6-7-17-21-18(10-12-24(16,17)2)25(3)11-9-15(27)13-19(25)23(30)22(21)26-4/h14-19,21-23,26-27,30H,5-13H2,1-4H3,(H,28,29)/t14-,15-,16-,17+,18+,19+,21+,22?,23-,24-,25-/m1/s1. The van der Waals surface area contributed by atoms with Crippen molar-refractivity contribution in [1.82, 2.24) is 5.32 Å². The van der Waals surface area contributed by atoms with Crippen LogP contribution in [0.4, 0.5) is 0 Å². The lowest BCUT2D eigenvalue weighted by atomic mass is 9.42. The molecule has 0 spiro atoms. The second kappa shape index (κ2) is 8.04. The highest BCUT2D eigenvalue weighted by Gasteiger charge is 2.65. The number of aliphatic hydroxyl groups excluding tert-OH is 2. The van der Waals surface area contributed by atoms with E-state index < -0.39 is 12.1 Å². The van der Waals surface area contributed by atoms with Crippen LogP contribution >= 0.6 is 0 Å². The van der Waals surface area contributed by atoms with Crippen molar-refractivity contribution in [3.63, 3.8) is 0 Å². The summed E-state index contributed by atoms with van der Waals surface area (Å²) < 4.78 is 0. The van der Waals surface area contributed by atoms with E-state index in [-0.39, 0.29) is 35.3 Å². The number of nitrogens with one attached hydrogen (secondary N) is 1. The van der Waals surface area contributed by atoms with Crippen LogP contribution in [-0.2, 0) is 4.79 Å². The average Bonchev–Trinajstić information content (AvgIpc) is 3.05. The van der Waals surface area contributed by atoms with Crippen LogP contribution in [0.2, 0.25) is 0 Å². The van der Waals surface area contributed by atoms with E-state index in [0.29, 0.717) is 29.6 Å². The number of aliphatic hydroxyl groups is 2. The first-order valence-corrected chi connectivity index (χ1v) is 12.4. The normalized spacial score (nSPS) is 51.5. The van der Waals surface area contributed by atoms with E-state index in [1.165, 1.54) is 25.7 Å². The van der Waals surface area contributed by atoms with Crippen LogP contribution in [0.5, 0.6) is 0 Å². The third-order valence-corrected chi connectivity index (χ3v) is 10.7. The molecule has 0 heterocycles. The maximum atomic E-state index is 11.5. The lowest BCUT2D eigenvalue weighted by molar-refractivity contribution is -0.186. The molecule has 4 fully saturated rings. The van der Waals surface area contributed by atoms with Crippen molar-refractivity contribution in [2.75, 3.05) is 7.05 Å². The topological polar surface area (TPSA) is 89.8 Å². The molecule has 4 rings (SSSR count). The van der Waals surface area contributed by atoms with Gasteiger partial charge >= 0.3 is 5.97 Å². The molecule has 5 nitrogen and oxygen atoms in total. The molecule has 11 atom stereocenters. The van der Waals surface area contributed by atoms with Gasteiger partial charge in [0.15, 0.2) is 0 Å². The molecule has 1 unspecified atom stereocenters. The first kappa shape index (κ1) is 22.5. The van der Waals surface area contributed by atoms with Gasteiger partial charge < -0.3 is 20.6 Å². The van der Waals surface area contributed by atoms with Crippen LogP contribution in [0, 0.1) is 46.3 Å². The van der Waals surface area contributed by atoms with Crippen molar-refractivity contribution in [2.45, 2.75) is 96.8 Å². The first-order valence-electron chi connectivity index (χ1n) is 12.4. The van der Waals surface area contributed by atoms with Gasteiger partial charge in [0.05, 0.1) is 12.2 Å². The Balaban J connectivity index is 1.62. The van der Waals surface area contributed by atoms with Gasteiger partial charge in [-0.25, -0.2) is 0 Å². The molecular formula is C25H43NO4. The molecule has 4 saturated carbocycles. The highest BCUT2D eigenvalue weighted by atomic mass is 16.4. The van der Waals surface area contributed by atoms with Crippen molar-refractivity contribution in [3.05, 3.63) is 0 Å². The van der Waals surface area contributed by atoms with Gasteiger partial charge in [-0.1, -0.05) is 20.8 Å². The molecule has 4 aliphatic carbocycles. The fourth-order valence-electron chi connectivity index (χ4n) is 9.17. The van der Waals surface area contributed by atoms with Gasteiger partial charge in [-0.05, 0) is 105 Å². The van der Waals surface area contributed by atoms with Crippen LogP contribution in [0.15, 0.2) is 0 Å². The monoisotopic (exact) mass is 421 g/mol. The smallest absolute Gasteiger partial charge is 0.303 e. The quantitative estimate of drug-likeness (QED) is 0.544. The summed E-state index contributed by atoms with van der Waals surface area (Å²) in [6.07, 6.45) is 7.80. The van der Waals surface area contributed by atoms with E-state index in [9.17, 15) is 15.0 Å². The van der Waals surface area contributed by atoms with Crippen molar-refractivity contribution in [1.29, 1.82) is 0 Å². The van der Waals surface area contributed by atoms with E-state index in [1.54, 1.807) is 0 Å². The Labute approximate surface area is 182 Å². The minimum Gasteiger partial charge on any atom is -0.481 e. The second-order valence-electron chi connectivity index (χ2n) is 11.8. The molecule has 0 aliphatic heterocycles. The van der Waals surface area contributed by atoms with Gasteiger partial charge in [0.25, 0.3) is 0 Å². The maximum absolute atomic E-state index is 11.5. The Morgan fingerprint density at radius 3 is 2.37 bits per heavy atom. The molecule has 0 amide bonds. The number of likely N-dealkylation sites (N-methyl/N-ethyl adjacent to an activating group) is 1. The van der Waals surface area contributed by atoms with Gasteiger partial charge in [-0.15, -0.1) is 0 Å². The fourth-order valence-corrected chi connectivity index (χ4v) is 9.17. The number of hydrogen-bond acceptors (Lipinski definition) is 4. The number of rotatable bonds is 5. The van der Waals surface area contributed by atoms with Crippen molar-refractivity contribution in [2.24, 2.45) is 46.3 Å². The Kier molecular flexibility index (Phi) is 6.04. The molecule has 0 bridgehead atoms. The van der Waals surface area contributed by atoms with E-state index >= 15 is 0 Å².